The van der Waals surface area contributed by atoms with Crippen LogP contribution >= 0.6 is 15.9 Å². The van der Waals surface area contributed by atoms with E-state index in [0.717, 1.165) is 28.5 Å². The normalized spacial score (nSPS) is 22.8. The monoisotopic (exact) mass is 450 g/mol. The summed E-state index contributed by atoms with van der Waals surface area (Å²) in [7, 11) is 0. The molecule has 2 aromatic rings. The van der Waals surface area contributed by atoms with E-state index in [2.05, 4.69) is 26.1 Å². The van der Waals surface area contributed by atoms with Crippen molar-refractivity contribution in [2.45, 2.75) is 12.5 Å². The second-order valence-electron chi connectivity index (χ2n) is 6.69. The number of piperidine rings is 1. The smallest absolute Gasteiger partial charge is 0.328 e. The Hall–Kier alpha value is -2.65. The first-order valence-corrected chi connectivity index (χ1v) is 9.46. The molecule has 2 unspecified atom stereocenters. The first-order chi connectivity index (χ1) is 13.3. The minimum absolute atomic E-state index is 0.00169. The topological polar surface area (TPSA) is 120 Å². The van der Waals surface area contributed by atoms with Gasteiger partial charge in [0.2, 0.25) is 0 Å². The minimum atomic E-state index is -1.26. The molecule has 1 amide bonds. The molecule has 1 aromatic carbocycles. The Bertz CT molecular complexity index is 922. The first kappa shape index (κ1) is 20.1. The van der Waals surface area contributed by atoms with Crippen LogP contribution in [-0.2, 0) is 9.59 Å². The Labute approximate surface area is 168 Å². The number of hydrogen-bond acceptors (Lipinski definition) is 5. The molecule has 148 valence electrons. The van der Waals surface area contributed by atoms with Gasteiger partial charge >= 0.3 is 11.9 Å². The molecule has 0 radical (unpaired) electrons. The third kappa shape index (κ3) is 4.79. The van der Waals surface area contributed by atoms with Gasteiger partial charge in [-0.2, -0.15) is 0 Å². The van der Waals surface area contributed by atoms with Gasteiger partial charge in [0.1, 0.15) is 11.8 Å². The van der Waals surface area contributed by atoms with Crippen molar-refractivity contribution >= 4 is 44.7 Å². The van der Waals surface area contributed by atoms with Gasteiger partial charge in [-0.05, 0) is 53.0 Å². The zero-order valence-electron chi connectivity index (χ0n) is 14.8. The number of furan rings is 1. The first-order valence-electron chi connectivity index (χ1n) is 8.67. The SMILES string of the molecule is O=C(NC1CN2CC[C@H]1C2)c1ccc2c(Br)coc2c1.O=C(O)/C=C/C(=O)O. The third-order valence-corrected chi connectivity index (χ3v) is 5.42. The van der Waals surface area contributed by atoms with E-state index in [1.54, 1.807) is 6.26 Å². The lowest BCUT2D eigenvalue weighted by Crippen LogP contribution is -2.43. The van der Waals surface area contributed by atoms with E-state index >= 15 is 0 Å². The Morgan fingerprint density at radius 3 is 2.46 bits per heavy atom. The molecule has 2 bridgehead atoms. The van der Waals surface area contributed by atoms with E-state index in [4.69, 9.17) is 14.6 Å². The quantitative estimate of drug-likeness (QED) is 0.611. The predicted octanol–water partition coefficient (Wildman–Crippen LogP) is 2.34. The fourth-order valence-corrected chi connectivity index (χ4v) is 3.90. The number of carbonyl (C=O) groups is 3. The highest BCUT2D eigenvalue weighted by Gasteiger charge is 2.38. The Morgan fingerprint density at radius 1 is 1.18 bits per heavy atom. The fraction of sp³-hybridized carbons (Fsp3) is 0.316. The second-order valence-corrected chi connectivity index (χ2v) is 7.55. The van der Waals surface area contributed by atoms with Crippen molar-refractivity contribution in [1.82, 2.24) is 10.2 Å². The summed E-state index contributed by atoms with van der Waals surface area (Å²) in [6.07, 6.45) is 3.97. The van der Waals surface area contributed by atoms with Crippen molar-refractivity contribution in [2.75, 3.05) is 19.6 Å². The van der Waals surface area contributed by atoms with E-state index in [9.17, 15) is 14.4 Å². The van der Waals surface area contributed by atoms with Crippen LogP contribution < -0.4 is 5.32 Å². The van der Waals surface area contributed by atoms with Gasteiger partial charge in [0.15, 0.2) is 0 Å². The van der Waals surface area contributed by atoms with E-state index in [1.807, 2.05) is 18.2 Å². The van der Waals surface area contributed by atoms with Crippen molar-refractivity contribution in [3.05, 3.63) is 46.7 Å². The summed E-state index contributed by atoms with van der Waals surface area (Å²) >= 11 is 3.42. The maximum absolute atomic E-state index is 12.3. The number of fused-ring (bicyclic) bond motifs is 3. The molecule has 9 heteroatoms. The standard InChI is InChI=1S/C15H15BrN2O2.C4H4O4/c16-12-8-20-14-5-9(1-2-11(12)14)15(19)17-13-7-18-4-3-10(13)6-18;5-3(6)1-2-4(7)8/h1-2,5,8,10,13H,3-4,6-7H2,(H,17,19);1-2H,(H,5,6)(H,7,8)/b;2-1+/t10-,13?;/m0./s1. The van der Waals surface area contributed by atoms with Gasteiger partial charge in [0.05, 0.1) is 4.47 Å². The Kier molecular flexibility index (Phi) is 6.15. The molecule has 2 fully saturated rings. The summed E-state index contributed by atoms with van der Waals surface area (Å²) in [5, 5.41) is 19.8. The van der Waals surface area contributed by atoms with E-state index in [1.165, 1.54) is 13.0 Å². The molecule has 1 aromatic heterocycles. The lowest BCUT2D eigenvalue weighted by molar-refractivity contribution is -0.134. The van der Waals surface area contributed by atoms with Crippen LogP contribution in [0.15, 0.2) is 45.5 Å². The number of halogens is 1. The zero-order valence-corrected chi connectivity index (χ0v) is 16.4. The molecule has 0 spiro atoms. The van der Waals surface area contributed by atoms with Gasteiger partial charge < -0.3 is 24.8 Å². The van der Waals surface area contributed by atoms with Gasteiger partial charge in [0.25, 0.3) is 5.91 Å². The molecule has 8 nitrogen and oxygen atoms in total. The largest absolute Gasteiger partial charge is 0.478 e. The van der Waals surface area contributed by atoms with E-state index in [-0.39, 0.29) is 5.91 Å². The molecule has 2 aliphatic heterocycles. The maximum Gasteiger partial charge on any atom is 0.328 e. The molecule has 0 aliphatic carbocycles. The van der Waals surface area contributed by atoms with Gasteiger partial charge in [-0.15, -0.1) is 0 Å². The number of carbonyl (C=O) groups excluding carboxylic acids is 1. The molecular formula is C19H19BrN2O6. The molecule has 2 saturated heterocycles. The van der Waals surface area contributed by atoms with Crippen LogP contribution in [0, 0.1) is 5.92 Å². The highest BCUT2D eigenvalue weighted by molar-refractivity contribution is 9.10. The minimum Gasteiger partial charge on any atom is -0.478 e. The summed E-state index contributed by atoms with van der Waals surface area (Å²) in [5.74, 6) is -1.89. The maximum atomic E-state index is 12.3. The van der Waals surface area contributed by atoms with Crippen molar-refractivity contribution < 1.29 is 29.0 Å². The number of carboxylic acids is 2. The molecule has 3 atom stereocenters. The van der Waals surface area contributed by atoms with Gasteiger partial charge in [0, 0.05) is 42.2 Å². The van der Waals surface area contributed by atoms with E-state index < -0.39 is 11.9 Å². The Balaban J connectivity index is 0.000000242. The Morgan fingerprint density at radius 2 is 1.89 bits per heavy atom. The number of benzene rings is 1. The van der Waals surface area contributed by atoms with Crippen LogP contribution in [0.25, 0.3) is 11.0 Å². The number of amides is 1. The van der Waals surface area contributed by atoms with Crippen LogP contribution in [0.4, 0.5) is 0 Å². The number of carboxylic acid groups (broad SMARTS) is 2. The molecule has 3 N–H and O–H groups in total. The summed E-state index contributed by atoms with van der Waals surface area (Å²) in [6, 6.07) is 5.88. The van der Waals surface area contributed by atoms with E-state index in [0.29, 0.717) is 29.7 Å². The molecule has 3 heterocycles. The molecule has 28 heavy (non-hydrogen) atoms. The summed E-state index contributed by atoms with van der Waals surface area (Å²) in [4.78, 5) is 33.9. The lowest BCUT2D eigenvalue weighted by atomic mass is 9.99. The van der Waals surface area contributed by atoms with Crippen LogP contribution in [0.1, 0.15) is 16.8 Å². The summed E-state index contributed by atoms with van der Waals surface area (Å²) < 4.78 is 6.34. The summed E-state index contributed by atoms with van der Waals surface area (Å²) in [5.41, 5.74) is 1.40. The third-order valence-electron chi connectivity index (χ3n) is 4.81. The molecule has 2 aliphatic rings. The van der Waals surface area contributed by atoms with Gasteiger partial charge in [-0.3, -0.25) is 4.79 Å². The lowest BCUT2D eigenvalue weighted by Gasteiger charge is -2.23. The number of nitrogens with one attached hydrogen (secondary N) is 1. The van der Waals surface area contributed by atoms with Crippen LogP contribution in [0.5, 0.6) is 0 Å². The number of hydrogen-bond donors (Lipinski definition) is 3. The molecule has 4 rings (SSSR count). The predicted molar refractivity (Wildman–Crippen MR) is 104 cm³/mol. The average Bonchev–Trinajstić information content (AvgIpc) is 3.36. The van der Waals surface area contributed by atoms with Crippen LogP contribution in [0.2, 0.25) is 0 Å². The highest BCUT2D eigenvalue weighted by atomic mass is 79.9. The average molecular weight is 451 g/mol. The number of rotatable bonds is 4. The number of aliphatic carboxylic acids is 2. The summed E-state index contributed by atoms with van der Waals surface area (Å²) in [6.45, 7) is 3.31. The van der Waals surface area contributed by atoms with Crippen molar-refractivity contribution in [3.8, 4) is 0 Å². The van der Waals surface area contributed by atoms with Crippen LogP contribution in [-0.4, -0.2) is 58.6 Å². The fourth-order valence-electron chi connectivity index (χ4n) is 3.48. The second kappa shape index (κ2) is 8.57. The van der Waals surface area contributed by atoms with Crippen LogP contribution in [0.3, 0.4) is 0 Å². The number of nitrogens with zero attached hydrogens (tertiary/aromatic N) is 1. The molecule has 0 saturated carbocycles. The van der Waals surface area contributed by atoms with Gasteiger partial charge in [-0.1, -0.05) is 0 Å². The van der Waals surface area contributed by atoms with Crippen molar-refractivity contribution in [1.29, 1.82) is 0 Å². The molecular weight excluding hydrogens is 432 g/mol. The van der Waals surface area contributed by atoms with Gasteiger partial charge in [-0.25, -0.2) is 9.59 Å². The van der Waals surface area contributed by atoms with Crippen molar-refractivity contribution in [3.63, 3.8) is 0 Å². The zero-order chi connectivity index (χ0) is 20.3. The van der Waals surface area contributed by atoms with Crippen molar-refractivity contribution in [2.24, 2.45) is 5.92 Å². The highest BCUT2D eigenvalue weighted by Crippen LogP contribution is 2.29.